The number of carbonyl (C=O) groups excluding carboxylic acids is 1. The van der Waals surface area contributed by atoms with E-state index in [1.165, 1.54) is 17.4 Å². The highest BCUT2D eigenvalue weighted by atomic mass is 32.1. The van der Waals surface area contributed by atoms with E-state index in [-0.39, 0.29) is 12.0 Å². The molecule has 0 aliphatic heterocycles. The van der Waals surface area contributed by atoms with Crippen LogP contribution in [0.5, 0.6) is 11.5 Å². The van der Waals surface area contributed by atoms with Crippen LogP contribution in [0.4, 0.5) is 5.13 Å². The Bertz CT molecular complexity index is 965. The predicted octanol–water partition coefficient (Wildman–Crippen LogP) is 5.26. The van der Waals surface area contributed by atoms with Crippen molar-refractivity contribution >= 4 is 28.5 Å². The molecule has 6 heteroatoms. The molecule has 5 nitrogen and oxygen atoms in total. The van der Waals surface area contributed by atoms with Crippen LogP contribution in [-0.4, -0.2) is 24.1 Å². The summed E-state index contributed by atoms with van der Waals surface area (Å²) in [6, 6.07) is 15.4. The zero-order chi connectivity index (χ0) is 19.9. The summed E-state index contributed by atoms with van der Waals surface area (Å²) in [7, 11) is 1.59. The third kappa shape index (κ3) is 5.20. The number of hydrogen-bond donors (Lipinski definition) is 1. The Hall–Kier alpha value is -3.12. The molecule has 0 unspecified atom stereocenters. The van der Waals surface area contributed by atoms with E-state index in [2.05, 4.69) is 10.3 Å². The maximum atomic E-state index is 12.2. The fourth-order valence-corrected chi connectivity index (χ4v) is 3.25. The van der Waals surface area contributed by atoms with Crippen LogP contribution in [0.1, 0.15) is 19.4 Å². The first kappa shape index (κ1) is 19.6. The van der Waals surface area contributed by atoms with Gasteiger partial charge in [0.15, 0.2) is 16.6 Å². The molecule has 28 heavy (non-hydrogen) atoms. The third-order valence-electron chi connectivity index (χ3n) is 3.78. The summed E-state index contributed by atoms with van der Waals surface area (Å²) < 4.78 is 11.1. The SMILES string of the molecule is COc1cc(C=CC(=O)Nc2nc(-c3ccccc3)cs2)ccc1OC(C)C. The Morgan fingerprint density at radius 2 is 1.93 bits per heavy atom. The molecule has 2 aromatic carbocycles. The van der Waals surface area contributed by atoms with Crippen molar-refractivity contribution in [2.75, 3.05) is 12.4 Å². The van der Waals surface area contributed by atoms with Crippen LogP contribution in [0, 0.1) is 0 Å². The Morgan fingerprint density at radius 3 is 2.64 bits per heavy atom. The van der Waals surface area contributed by atoms with E-state index in [9.17, 15) is 4.79 Å². The molecule has 0 atom stereocenters. The van der Waals surface area contributed by atoms with Gasteiger partial charge in [0.05, 0.1) is 18.9 Å². The molecule has 3 rings (SSSR count). The van der Waals surface area contributed by atoms with Gasteiger partial charge in [0, 0.05) is 17.0 Å². The summed E-state index contributed by atoms with van der Waals surface area (Å²) in [6.07, 6.45) is 3.25. The molecule has 144 valence electrons. The van der Waals surface area contributed by atoms with Gasteiger partial charge >= 0.3 is 0 Å². The Morgan fingerprint density at radius 1 is 1.14 bits per heavy atom. The summed E-state index contributed by atoms with van der Waals surface area (Å²) in [5.74, 6) is 1.06. The van der Waals surface area contributed by atoms with Gasteiger partial charge < -0.3 is 9.47 Å². The van der Waals surface area contributed by atoms with E-state index in [0.717, 1.165) is 16.8 Å². The number of methoxy groups -OCH3 is 1. The van der Waals surface area contributed by atoms with E-state index in [0.29, 0.717) is 16.6 Å². The summed E-state index contributed by atoms with van der Waals surface area (Å²) in [6.45, 7) is 3.92. The van der Waals surface area contributed by atoms with Crippen LogP contribution in [0.25, 0.3) is 17.3 Å². The second-order valence-electron chi connectivity index (χ2n) is 6.30. The molecule has 0 aliphatic carbocycles. The Kier molecular flexibility index (Phi) is 6.45. The Balaban J connectivity index is 1.65. The summed E-state index contributed by atoms with van der Waals surface area (Å²) >= 11 is 1.39. The standard InChI is InChI=1S/C22H22N2O3S/c1-15(2)27-19-11-9-16(13-20(19)26-3)10-12-21(25)24-22-23-18(14-28-22)17-7-5-4-6-8-17/h4-15H,1-3H3,(H,23,24,25). The maximum absolute atomic E-state index is 12.2. The van der Waals surface area contributed by atoms with E-state index < -0.39 is 0 Å². The number of aromatic nitrogens is 1. The van der Waals surface area contributed by atoms with Gasteiger partial charge in [-0.1, -0.05) is 36.4 Å². The van der Waals surface area contributed by atoms with Crippen molar-refractivity contribution in [1.29, 1.82) is 0 Å². The fourth-order valence-electron chi connectivity index (χ4n) is 2.53. The van der Waals surface area contributed by atoms with E-state index in [4.69, 9.17) is 9.47 Å². The van der Waals surface area contributed by atoms with Gasteiger partial charge in [-0.25, -0.2) is 4.98 Å². The zero-order valence-corrected chi connectivity index (χ0v) is 16.8. The minimum absolute atomic E-state index is 0.0557. The number of rotatable bonds is 7. The first-order valence-electron chi connectivity index (χ1n) is 8.90. The van der Waals surface area contributed by atoms with Crippen LogP contribution in [0.2, 0.25) is 0 Å². The van der Waals surface area contributed by atoms with Crippen LogP contribution in [-0.2, 0) is 4.79 Å². The summed E-state index contributed by atoms with van der Waals surface area (Å²) in [5, 5.41) is 5.28. The molecule has 0 saturated carbocycles. The molecule has 0 spiro atoms. The van der Waals surface area contributed by atoms with E-state index in [1.54, 1.807) is 13.2 Å². The van der Waals surface area contributed by atoms with Gasteiger partial charge in [0.25, 0.3) is 0 Å². The van der Waals surface area contributed by atoms with Crippen molar-refractivity contribution in [3.05, 3.63) is 65.6 Å². The van der Waals surface area contributed by atoms with Gasteiger partial charge in [0.1, 0.15) is 0 Å². The lowest BCUT2D eigenvalue weighted by Gasteiger charge is -2.13. The second kappa shape index (κ2) is 9.19. The highest BCUT2D eigenvalue weighted by Gasteiger charge is 2.08. The lowest BCUT2D eigenvalue weighted by molar-refractivity contribution is -0.111. The highest BCUT2D eigenvalue weighted by molar-refractivity contribution is 7.14. The van der Waals surface area contributed by atoms with Crippen LogP contribution in [0.3, 0.4) is 0 Å². The first-order chi connectivity index (χ1) is 13.5. The normalized spacial score (nSPS) is 11.0. The molecular formula is C22H22N2O3S. The number of hydrogen-bond acceptors (Lipinski definition) is 5. The maximum Gasteiger partial charge on any atom is 0.250 e. The smallest absolute Gasteiger partial charge is 0.250 e. The lowest BCUT2D eigenvalue weighted by Crippen LogP contribution is -2.07. The molecule has 1 heterocycles. The highest BCUT2D eigenvalue weighted by Crippen LogP contribution is 2.29. The van der Waals surface area contributed by atoms with Gasteiger partial charge in [-0.2, -0.15) is 0 Å². The van der Waals surface area contributed by atoms with Crippen LogP contribution < -0.4 is 14.8 Å². The molecule has 0 bridgehead atoms. The van der Waals surface area contributed by atoms with Crippen LogP contribution in [0.15, 0.2) is 60.0 Å². The monoisotopic (exact) mass is 394 g/mol. The molecule has 0 saturated heterocycles. The molecule has 0 radical (unpaired) electrons. The number of ether oxygens (including phenoxy) is 2. The molecule has 1 aromatic heterocycles. The van der Waals surface area contributed by atoms with Crippen molar-refractivity contribution in [3.63, 3.8) is 0 Å². The largest absolute Gasteiger partial charge is 0.493 e. The van der Waals surface area contributed by atoms with E-state index >= 15 is 0 Å². The topological polar surface area (TPSA) is 60.5 Å². The zero-order valence-electron chi connectivity index (χ0n) is 16.0. The average Bonchev–Trinajstić information content (AvgIpc) is 3.16. The average molecular weight is 394 g/mol. The molecule has 0 aliphatic rings. The van der Waals surface area contributed by atoms with Crippen molar-refractivity contribution in [1.82, 2.24) is 4.98 Å². The Labute approximate surface area is 168 Å². The van der Waals surface area contributed by atoms with Gasteiger partial charge in [-0.05, 0) is 37.6 Å². The third-order valence-corrected chi connectivity index (χ3v) is 4.54. The van der Waals surface area contributed by atoms with Crippen molar-refractivity contribution < 1.29 is 14.3 Å². The minimum Gasteiger partial charge on any atom is -0.493 e. The van der Waals surface area contributed by atoms with Gasteiger partial charge in [0.2, 0.25) is 5.91 Å². The predicted molar refractivity (Wildman–Crippen MR) is 114 cm³/mol. The van der Waals surface area contributed by atoms with Crippen molar-refractivity contribution in [2.45, 2.75) is 20.0 Å². The number of nitrogens with zero attached hydrogens (tertiary/aromatic N) is 1. The molecule has 3 aromatic rings. The van der Waals surface area contributed by atoms with Crippen LogP contribution >= 0.6 is 11.3 Å². The second-order valence-corrected chi connectivity index (χ2v) is 7.16. The number of thiazole rings is 1. The quantitative estimate of drug-likeness (QED) is 0.556. The lowest BCUT2D eigenvalue weighted by atomic mass is 10.2. The molecule has 1 N–H and O–H groups in total. The van der Waals surface area contributed by atoms with Gasteiger partial charge in [-0.15, -0.1) is 11.3 Å². The fraction of sp³-hybridized carbons (Fsp3) is 0.182. The van der Waals surface area contributed by atoms with Gasteiger partial charge in [-0.3, -0.25) is 10.1 Å². The van der Waals surface area contributed by atoms with Crippen molar-refractivity contribution in [3.8, 4) is 22.8 Å². The number of benzene rings is 2. The molecule has 1 amide bonds. The number of anilines is 1. The van der Waals surface area contributed by atoms with Crippen molar-refractivity contribution in [2.24, 2.45) is 0 Å². The molecular weight excluding hydrogens is 372 g/mol. The minimum atomic E-state index is -0.240. The molecule has 0 fully saturated rings. The number of carbonyl (C=O) groups is 1. The first-order valence-corrected chi connectivity index (χ1v) is 9.78. The number of amides is 1. The van der Waals surface area contributed by atoms with E-state index in [1.807, 2.05) is 67.8 Å². The summed E-state index contributed by atoms with van der Waals surface area (Å²) in [5.41, 5.74) is 2.70. The summed E-state index contributed by atoms with van der Waals surface area (Å²) in [4.78, 5) is 16.7. The number of nitrogens with one attached hydrogen (secondary N) is 1.